The van der Waals surface area contributed by atoms with Crippen LogP contribution in [0.2, 0.25) is 0 Å². The van der Waals surface area contributed by atoms with E-state index in [-0.39, 0.29) is 6.54 Å². The normalized spacial score (nSPS) is 17.6. The van der Waals surface area contributed by atoms with Gasteiger partial charge < -0.3 is 15.6 Å². The number of nitrogens with zero attached hydrogens (tertiary/aromatic N) is 1. The molecule has 1 aliphatic heterocycles. The number of carboxylic acids is 1. The number of hydrogen-bond donors (Lipinski definition) is 2. The Bertz CT molecular complexity index is 490. The second-order valence-corrected chi connectivity index (χ2v) is 6.04. The van der Waals surface area contributed by atoms with E-state index in [1.165, 1.54) is 5.56 Å². The summed E-state index contributed by atoms with van der Waals surface area (Å²) < 4.78 is 6.29. The van der Waals surface area contributed by atoms with Crippen LogP contribution in [-0.2, 0) is 16.0 Å². The molecule has 0 bridgehead atoms. The highest BCUT2D eigenvalue weighted by atomic mass is 79.9. The van der Waals surface area contributed by atoms with E-state index in [0.717, 1.165) is 49.3 Å². The third kappa shape index (κ3) is 4.51. The van der Waals surface area contributed by atoms with Gasteiger partial charge in [0.15, 0.2) is 0 Å². The lowest BCUT2D eigenvalue weighted by Gasteiger charge is -2.26. The van der Waals surface area contributed by atoms with Gasteiger partial charge in [0.1, 0.15) is 0 Å². The predicted octanol–water partition coefficient (Wildman–Crippen LogP) is 1.45. The minimum Gasteiger partial charge on any atom is -0.481 e. The molecule has 1 fully saturated rings. The topological polar surface area (TPSA) is 75.8 Å². The van der Waals surface area contributed by atoms with Crippen molar-refractivity contribution >= 4 is 21.9 Å². The first kappa shape index (κ1) is 16.4. The van der Waals surface area contributed by atoms with Gasteiger partial charge in [0, 0.05) is 30.7 Å². The number of hydrogen-bond acceptors (Lipinski definition) is 4. The number of ether oxygens (including phenoxy) is 1. The molecule has 0 aliphatic carbocycles. The Kier molecular flexibility index (Phi) is 6.17. The fourth-order valence-corrected chi connectivity index (χ4v) is 3.06. The van der Waals surface area contributed by atoms with Gasteiger partial charge in [-0.05, 0) is 23.6 Å². The minimum absolute atomic E-state index is 0.106. The van der Waals surface area contributed by atoms with Crippen LogP contribution in [0, 0.1) is 0 Å². The number of nitrogens with two attached hydrogens (primary N) is 1. The molecular formula is C15H21BrN2O3. The number of carboxylic acid groups (broad SMARTS) is 1. The second kappa shape index (κ2) is 7.89. The highest BCUT2D eigenvalue weighted by molar-refractivity contribution is 9.10. The average Bonchev–Trinajstić information content (AvgIpc) is 2.48. The fourth-order valence-electron chi connectivity index (χ4n) is 2.47. The van der Waals surface area contributed by atoms with E-state index >= 15 is 0 Å². The molecule has 0 aromatic heterocycles. The molecule has 1 atom stereocenters. The van der Waals surface area contributed by atoms with E-state index in [2.05, 4.69) is 20.8 Å². The van der Waals surface area contributed by atoms with Crippen LogP contribution in [0.5, 0.6) is 0 Å². The Morgan fingerprint density at radius 1 is 1.43 bits per heavy atom. The van der Waals surface area contributed by atoms with Crippen molar-refractivity contribution in [3.05, 3.63) is 33.8 Å². The van der Waals surface area contributed by atoms with Crippen molar-refractivity contribution in [3.8, 4) is 0 Å². The van der Waals surface area contributed by atoms with Crippen molar-refractivity contribution in [1.82, 2.24) is 4.90 Å². The smallest absolute Gasteiger partial charge is 0.312 e. The Labute approximate surface area is 133 Å². The summed E-state index contributed by atoms with van der Waals surface area (Å²) in [4.78, 5) is 13.5. The van der Waals surface area contributed by atoms with E-state index in [4.69, 9.17) is 15.6 Å². The molecular weight excluding hydrogens is 336 g/mol. The number of morpholine rings is 1. The number of rotatable bonds is 6. The maximum absolute atomic E-state index is 11.1. The van der Waals surface area contributed by atoms with Crippen molar-refractivity contribution in [3.63, 3.8) is 0 Å². The summed E-state index contributed by atoms with van der Waals surface area (Å²) >= 11 is 3.54. The molecule has 1 heterocycles. The number of halogens is 1. The molecule has 21 heavy (non-hydrogen) atoms. The van der Waals surface area contributed by atoms with E-state index < -0.39 is 11.9 Å². The SMILES string of the molecule is NCC(C(=O)O)c1ccc(CCN2CCOCC2)c(Br)c1. The quantitative estimate of drug-likeness (QED) is 0.806. The summed E-state index contributed by atoms with van der Waals surface area (Å²) in [5, 5.41) is 9.15. The van der Waals surface area contributed by atoms with Crippen LogP contribution >= 0.6 is 15.9 Å². The zero-order valence-corrected chi connectivity index (χ0v) is 13.5. The van der Waals surface area contributed by atoms with Gasteiger partial charge in [-0.15, -0.1) is 0 Å². The van der Waals surface area contributed by atoms with Crippen molar-refractivity contribution < 1.29 is 14.6 Å². The molecule has 116 valence electrons. The molecule has 2 rings (SSSR count). The molecule has 5 nitrogen and oxygen atoms in total. The van der Waals surface area contributed by atoms with Gasteiger partial charge in [-0.1, -0.05) is 28.1 Å². The molecule has 6 heteroatoms. The first-order valence-electron chi connectivity index (χ1n) is 7.13. The Morgan fingerprint density at radius 3 is 2.71 bits per heavy atom. The van der Waals surface area contributed by atoms with Crippen LogP contribution in [0.25, 0.3) is 0 Å². The molecule has 0 radical (unpaired) electrons. The standard InChI is InChI=1S/C15H21BrN2O3/c16-14-9-12(13(10-17)15(19)20)2-1-11(14)3-4-18-5-7-21-8-6-18/h1-2,9,13H,3-8,10,17H2,(H,19,20). The third-order valence-electron chi connectivity index (χ3n) is 3.81. The molecule has 1 saturated heterocycles. The summed E-state index contributed by atoms with van der Waals surface area (Å²) in [5.74, 6) is -1.53. The van der Waals surface area contributed by atoms with Gasteiger partial charge in [0.25, 0.3) is 0 Å². The Morgan fingerprint density at radius 2 is 2.14 bits per heavy atom. The van der Waals surface area contributed by atoms with Crippen LogP contribution in [0.3, 0.4) is 0 Å². The lowest BCUT2D eigenvalue weighted by atomic mass is 9.97. The molecule has 3 N–H and O–H groups in total. The van der Waals surface area contributed by atoms with E-state index in [0.29, 0.717) is 0 Å². The highest BCUT2D eigenvalue weighted by Crippen LogP contribution is 2.24. The van der Waals surface area contributed by atoms with Gasteiger partial charge in [-0.2, -0.15) is 0 Å². The second-order valence-electron chi connectivity index (χ2n) is 5.18. The fraction of sp³-hybridized carbons (Fsp3) is 0.533. The van der Waals surface area contributed by atoms with Crippen LogP contribution in [0.15, 0.2) is 22.7 Å². The first-order valence-corrected chi connectivity index (χ1v) is 7.92. The molecule has 0 spiro atoms. The lowest BCUT2D eigenvalue weighted by molar-refractivity contribution is -0.138. The van der Waals surface area contributed by atoms with Gasteiger partial charge in [0.2, 0.25) is 0 Å². The van der Waals surface area contributed by atoms with Gasteiger partial charge in [0.05, 0.1) is 19.1 Å². The molecule has 0 amide bonds. The molecule has 1 unspecified atom stereocenters. The maximum atomic E-state index is 11.1. The molecule has 1 aromatic rings. The van der Waals surface area contributed by atoms with Crippen LogP contribution in [-0.4, -0.2) is 55.4 Å². The zero-order valence-electron chi connectivity index (χ0n) is 11.9. The number of benzene rings is 1. The minimum atomic E-state index is -0.884. The molecule has 1 aliphatic rings. The van der Waals surface area contributed by atoms with Crippen LogP contribution in [0.4, 0.5) is 0 Å². The average molecular weight is 357 g/mol. The number of carbonyl (C=O) groups is 1. The summed E-state index contributed by atoms with van der Waals surface area (Å²) in [7, 11) is 0. The van der Waals surface area contributed by atoms with Gasteiger partial charge in [-0.3, -0.25) is 9.69 Å². The van der Waals surface area contributed by atoms with E-state index in [1.54, 1.807) is 0 Å². The third-order valence-corrected chi connectivity index (χ3v) is 4.55. The summed E-state index contributed by atoms with van der Waals surface area (Å²) in [6.07, 6.45) is 0.932. The summed E-state index contributed by atoms with van der Waals surface area (Å²) in [6, 6.07) is 5.73. The molecule has 0 saturated carbocycles. The molecule has 1 aromatic carbocycles. The Balaban J connectivity index is 1.99. The van der Waals surface area contributed by atoms with Crippen molar-refractivity contribution in [2.45, 2.75) is 12.3 Å². The van der Waals surface area contributed by atoms with Crippen LogP contribution in [0.1, 0.15) is 17.0 Å². The first-order chi connectivity index (χ1) is 10.1. The predicted molar refractivity (Wildman–Crippen MR) is 84.5 cm³/mol. The van der Waals surface area contributed by atoms with Crippen molar-refractivity contribution in [1.29, 1.82) is 0 Å². The van der Waals surface area contributed by atoms with Gasteiger partial charge >= 0.3 is 5.97 Å². The Hall–Kier alpha value is -0.950. The lowest BCUT2D eigenvalue weighted by Crippen LogP contribution is -2.37. The van der Waals surface area contributed by atoms with Gasteiger partial charge in [-0.25, -0.2) is 0 Å². The summed E-state index contributed by atoms with van der Waals surface area (Å²) in [5.41, 5.74) is 7.46. The number of aliphatic carboxylic acids is 1. The maximum Gasteiger partial charge on any atom is 0.312 e. The largest absolute Gasteiger partial charge is 0.481 e. The highest BCUT2D eigenvalue weighted by Gasteiger charge is 2.19. The van der Waals surface area contributed by atoms with E-state index in [1.807, 2.05) is 18.2 Å². The summed E-state index contributed by atoms with van der Waals surface area (Å²) in [6.45, 7) is 4.65. The van der Waals surface area contributed by atoms with Crippen molar-refractivity contribution in [2.75, 3.05) is 39.4 Å². The van der Waals surface area contributed by atoms with Crippen LogP contribution < -0.4 is 5.73 Å². The monoisotopic (exact) mass is 356 g/mol. The van der Waals surface area contributed by atoms with Crippen molar-refractivity contribution in [2.24, 2.45) is 5.73 Å². The van der Waals surface area contributed by atoms with E-state index in [9.17, 15) is 4.79 Å². The zero-order chi connectivity index (χ0) is 15.2.